The number of methoxy groups -OCH3 is 2. The number of hydrogen-bond donors (Lipinski definition) is 1. The molecular weight excluding hydrogens is 415 g/mol. The number of carboxylic acid groups (broad SMARTS) is 1. The lowest BCUT2D eigenvalue weighted by Crippen LogP contribution is -2.23. The van der Waals surface area contributed by atoms with E-state index in [0.29, 0.717) is 42.9 Å². The van der Waals surface area contributed by atoms with Crippen molar-refractivity contribution in [1.82, 2.24) is 4.90 Å². The zero-order valence-electron chi connectivity index (χ0n) is 17.2. The van der Waals surface area contributed by atoms with E-state index in [1.54, 1.807) is 19.2 Å². The molecule has 1 unspecified atom stereocenters. The van der Waals surface area contributed by atoms with E-state index in [9.17, 15) is 18.0 Å². The van der Waals surface area contributed by atoms with Crippen LogP contribution in [0.3, 0.4) is 0 Å². The van der Waals surface area contributed by atoms with Gasteiger partial charge in [0.05, 0.1) is 14.2 Å². The van der Waals surface area contributed by atoms with Gasteiger partial charge in [-0.05, 0) is 30.0 Å². The molecule has 1 aromatic carbocycles. The molecule has 168 valence electrons. The van der Waals surface area contributed by atoms with Crippen LogP contribution in [0.1, 0.15) is 24.8 Å². The Morgan fingerprint density at radius 2 is 1.94 bits per heavy atom. The first-order valence-corrected chi connectivity index (χ1v) is 9.77. The number of aliphatic carboxylic acids is 1. The molecule has 3 rings (SSSR count). The molecule has 0 saturated carbocycles. The molecule has 0 radical (unpaired) electrons. The molecule has 0 fully saturated rings. The number of benzene rings is 1. The molecule has 9 heteroatoms. The largest absolute Gasteiger partial charge is 0.573 e. The van der Waals surface area contributed by atoms with Gasteiger partial charge in [-0.15, -0.1) is 13.2 Å². The monoisotopic (exact) mass is 439 g/mol. The van der Waals surface area contributed by atoms with Crippen LogP contribution in [-0.2, 0) is 20.7 Å². The van der Waals surface area contributed by atoms with E-state index in [-0.39, 0.29) is 18.1 Å². The minimum Gasteiger partial charge on any atom is -0.497 e. The SMILES string of the molecule is COC1=C(OC)CC2C(CCC(=O)O)=CN(CCc3ccccc3OC(F)(F)F)C2=C1. The second kappa shape index (κ2) is 9.36. The van der Waals surface area contributed by atoms with Gasteiger partial charge in [-0.3, -0.25) is 4.79 Å². The van der Waals surface area contributed by atoms with Crippen LogP contribution >= 0.6 is 0 Å². The van der Waals surface area contributed by atoms with Gasteiger partial charge < -0.3 is 24.2 Å². The van der Waals surface area contributed by atoms with Crippen molar-refractivity contribution < 1.29 is 37.3 Å². The quantitative estimate of drug-likeness (QED) is 0.607. The van der Waals surface area contributed by atoms with E-state index in [2.05, 4.69) is 4.74 Å². The van der Waals surface area contributed by atoms with Crippen molar-refractivity contribution in [2.24, 2.45) is 5.92 Å². The Hall–Kier alpha value is -3.10. The molecule has 1 aliphatic heterocycles. The minimum absolute atomic E-state index is 0.00509. The second-order valence-corrected chi connectivity index (χ2v) is 7.22. The third kappa shape index (κ3) is 5.53. The maximum atomic E-state index is 12.7. The maximum Gasteiger partial charge on any atom is 0.573 e. The Morgan fingerprint density at radius 3 is 2.58 bits per heavy atom. The Bertz CT molecular complexity index is 920. The molecule has 0 aromatic heterocycles. The van der Waals surface area contributed by atoms with Crippen molar-refractivity contribution in [3.63, 3.8) is 0 Å². The number of hydrogen-bond acceptors (Lipinski definition) is 5. The third-order valence-corrected chi connectivity index (χ3v) is 5.32. The zero-order chi connectivity index (χ0) is 22.6. The van der Waals surface area contributed by atoms with Crippen LogP contribution in [0.5, 0.6) is 5.75 Å². The predicted octanol–water partition coefficient (Wildman–Crippen LogP) is 4.60. The van der Waals surface area contributed by atoms with Gasteiger partial charge in [0.15, 0.2) is 5.76 Å². The van der Waals surface area contributed by atoms with Gasteiger partial charge in [-0.1, -0.05) is 18.2 Å². The van der Waals surface area contributed by atoms with E-state index in [4.69, 9.17) is 14.6 Å². The summed E-state index contributed by atoms with van der Waals surface area (Å²) >= 11 is 0. The summed E-state index contributed by atoms with van der Waals surface area (Å²) in [5, 5.41) is 9.07. The highest BCUT2D eigenvalue weighted by Gasteiger charge is 2.36. The second-order valence-electron chi connectivity index (χ2n) is 7.22. The van der Waals surface area contributed by atoms with Crippen molar-refractivity contribution in [2.75, 3.05) is 20.8 Å². The summed E-state index contributed by atoms with van der Waals surface area (Å²) in [5.41, 5.74) is 2.28. The number of alkyl halides is 3. The highest BCUT2D eigenvalue weighted by molar-refractivity contribution is 5.67. The number of para-hydroxylation sites is 1. The molecule has 0 saturated heterocycles. The van der Waals surface area contributed by atoms with Crippen LogP contribution < -0.4 is 4.74 Å². The van der Waals surface area contributed by atoms with Crippen LogP contribution in [-0.4, -0.2) is 43.1 Å². The Labute approximate surface area is 178 Å². The number of carboxylic acids is 1. The fraction of sp³-hybridized carbons (Fsp3) is 0.409. The molecule has 1 aliphatic carbocycles. The van der Waals surface area contributed by atoms with Gasteiger partial charge >= 0.3 is 12.3 Å². The third-order valence-electron chi connectivity index (χ3n) is 5.32. The summed E-state index contributed by atoms with van der Waals surface area (Å²) in [6.45, 7) is 0.399. The topological polar surface area (TPSA) is 68.2 Å². The summed E-state index contributed by atoms with van der Waals surface area (Å²) < 4.78 is 53.1. The van der Waals surface area contributed by atoms with E-state index in [1.165, 1.54) is 19.2 Å². The van der Waals surface area contributed by atoms with E-state index >= 15 is 0 Å². The Kier molecular flexibility index (Phi) is 6.82. The average Bonchev–Trinajstić information content (AvgIpc) is 3.06. The van der Waals surface area contributed by atoms with Crippen molar-refractivity contribution in [3.8, 4) is 5.75 Å². The van der Waals surface area contributed by atoms with Crippen molar-refractivity contribution >= 4 is 5.97 Å². The van der Waals surface area contributed by atoms with E-state index in [0.717, 1.165) is 11.3 Å². The maximum absolute atomic E-state index is 12.7. The molecular formula is C22H24F3NO5. The fourth-order valence-electron chi connectivity index (χ4n) is 3.89. The summed E-state index contributed by atoms with van der Waals surface area (Å²) in [6.07, 6.45) is 0.173. The smallest absolute Gasteiger partial charge is 0.497 e. The molecule has 1 N–H and O–H groups in total. The van der Waals surface area contributed by atoms with Gasteiger partial charge in [0, 0.05) is 43.3 Å². The average molecular weight is 439 g/mol. The lowest BCUT2D eigenvalue weighted by atomic mass is 9.88. The number of carbonyl (C=O) groups is 1. The van der Waals surface area contributed by atoms with Crippen molar-refractivity contribution in [3.05, 3.63) is 64.9 Å². The van der Waals surface area contributed by atoms with Gasteiger partial charge in [-0.2, -0.15) is 0 Å². The van der Waals surface area contributed by atoms with Gasteiger partial charge in [0.25, 0.3) is 0 Å². The number of allylic oxidation sites excluding steroid dienone is 3. The number of nitrogens with zero attached hydrogens (tertiary/aromatic N) is 1. The van der Waals surface area contributed by atoms with Crippen LogP contribution in [0.2, 0.25) is 0 Å². The van der Waals surface area contributed by atoms with Crippen LogP contribution in [0.15, 0.2) is 59.3 Å². The summed E-state index contributed by atoms with van der Waals surface area (Å²) in [5.74, 6) is 0.0714. The van der Waals surface area contributed by atoms with Crippen LogP contribution in [0.4, 0.5) is 13.2 Å². The lowest BCUT2D eigenvalue weighted by molar-refractivity contribution is -0.274. The molecule has 6 nitrogen and oxygen atoms in total. The fourth-order valence-corrected chi connectivity index (χ4v) is 3.89. The highest BCUT2D eigenvalue weighted by Crippen LogP contribution is 2.43. The molecule has 0 spiro atoms. The summed E-state index contributed by atoms with van der Waals surface area (Å²) in [4.78, 5) is 13.0. The normalized spacial score (nSPS) is 18.4. The van der Waals surface area contributed by atoms with Gasteiger partial charge in [-0.25, -0.2) is 0 Å². The lowest BCUT2D eigenvalue weighted by Gasteiger charge is -2.28. The van der Waals surface area contributed by atoms with Gasteiger partial charge in [0.2, 0.25) is 0 Å². The van der Waals surface area contributed by atoms with Gasteiger partial charge in [0.1, 0.15) is 11.5 Å². The zero-order valence-corrected chi connectivity index (χ0v) is 17.2. The Morgan fingerprint density at radius 1 is 1.19 bits per heavy atom. The molecule has 1 atom stereocenters. The molecule has 1 aromatic rings. The number of fused-ring (bicyclic) bond motifs is 1. The summed E-state index contributed by atoms with van der Waals surface area (Å²) in [7, 11) is 3.09. The number of ether oxygens (including phenoxy) is 3. The molecule has 0 bridgehead atoms. The standard InChI is InChI=1S/C22H24F3NO5/c1-29-19-11-16-15(7-8-21(27)28)13-26(17(16)12-20(19)30-2)10-9-14-5-3-4-6-18(14)31-22(23,24)25/h3-6,12-13,16H,7-11H2,1-2H3,(H,27,28). The highest BCUT2D eigenvalue weighted by atomic mass is 19.4. The number of halogens is 3. The number of rotatable bonds is 9. The molecule has 2 aliphatic rings. The van der Waals surface area contributed by atoms with Crippen LogP contribution in [0, 0.1) is 5.92 Å². The Balaban J connectivity index is 1.83. The predicted molar refractivity (Wildman–Crippen MR) is 106 cm³/mol. The van der Waals surface area contributed by atoms with E-state index in [1.807, 2.05) is 17.2 Å². The summed E-state index contributed by atoms with van der Waals surface area (Å²) in [6, 6.07) is 6.05. The minimum atomic E-state index is -4.76. The van der Waals surface area contributed by atoms with Crippen molar-refractivity contribution in [1.29, 1.82) is 0 Å². The van der Waals surface area contributed by atoms with Crippen LogP contribution in [0.25, 0.3) is 0 Å². The molecule has 31 heavy (non-hydrogen) atoms. The first-order valence-electron chi connectivity index (χ1n) is 9.77. The first-order chi connectivity index (χ1) is 14.7. The molecule has 1 heterocycles. The molecule has 0 amide bonds. The first kappa shape index (κ1) is 22.6. The van der Waals surface area contributed by atoms with E-state index < -0.39 is 12.3 Å². The van der Waals surface area contributed by atoms with Crippen molar-refractivity contribution in [2.45, 2.75) is 32.0 Å².